The average Bonchev–Trinajstić information content (AvgIpc) is 3.32. The average molecular weight is 402 g/mol. The van der Waals surface area contributed by atoms with Gasteiger partial charge in [-0.15, -0.1) is 0 Å². The lowest BCUT2D eigenvalue weighted by molar-refractivity contribution is 0.256. The topological polar surface area (TPSA) is 80.2 Å². The molecule has 2 aromatic rings. The van der Waals surface area contributed by atoms with Gasteiger partial charge in [-0.1, -0.05) is 6.07 Å². The number of aromatic nitrogens is 1. The summed E-state index contributed by atoms with van der Waals surface area (Å²) in [7, 11) is -3.77. The fourth-order valence-corrected chi connectivity index (χ4v) is 5.38. The molecule has 1 heterocycles. The van der Waals surface area contributed by atoms with Crippen molar-refractivity contribution in [3.63, 3.8) is 0 Å². The highest BCUT2D eigenvalue weighted by Crippen LogP contribution is 2.38. The number of benzene rings is 1. The molecule has 2 N–H and O–H groups in total. The van der Waals surface area contributed by atoms with Crippen LogP contribution in [0, 0.1) is 0 Å². The third-order valence-electron chi connectivity index (χ3n) is 5.69. The van der Waals surface area contributed by atoms with E-state index >= 15 is 0 Å². The van der Waals surface area contributed by atoms with Gasteiger partial charge in [0, 0.05) is 24.1 Å². The van der Waals surface area contributed by atoms with Crippen molar-refractivity contribution in [3.8, 4) is 0 Å². The van der Waals surface area contributed by atoms with E-state index in [2.05, 4.69) is 16.1 Å². The number of amides is 2. The Morgan fingerprint density at radius 1 is 1.11 bits per heavy atom. The number of nitrogens with zero attached hydrogens (tertiary/aromatic N) is 1. The van der Waals surface area contributed by atoms with Gasteiger partial charge in [-0.3, -0.25) is 0 Å². The number of hydrogen-bond donors (Lipinski definition) is 2. The minimum atomic E-state index is -3.77. The second-order valence-electron chi connectivity index (χ2n) is 8.11. The Balaban J connectivity index is 1.49. The van der Waals surface area contributed by atoms with Crippen LogP contribution in [-0.4, -0.2) is 19.0 Å². The maximum atomic E-state index is 12.5. The van der Waals surface area contributed by atoms with Crippen LogP contribution in [-0.2, 0) is 41.5 Å². The van der Waals surface area contributed by atoms with Crippen molar-refractivity contribution in [2.75, 3.05) is 5.32 Å². The molecule has 28 heavy (non-hydrogen) atoms. The van der Waals surface area contributed by atoms with Gasteiger partial charge < -0.3 is 9.88 Å². The van der Waals surface area contributed by atoms with Crippen molar-refractivity contribution < 1.29 is 13.2 Å². The first kappa shape index (κ1) is 19.1. The number of rotatable bonds is 5. The summed E-state index contributed by atoms with van der Waals surface area (Å²) in [6, 6.07) is 3.64. The number of fused-ring (bicyclic) bond motifs is 2. The van der Waals surface area contributed by atoms with Crippen LogP contribution < -0.4 is 10.0 Å². The van der Waals surface area contributed by atoms with Crippen LogP contribution in [0.2, 0.25) is 0 Å². The Morgan fingerprint density at radius 3 is 2.32 bits per heavy atom. The molecule has 0 radical (unpaired) electrons. The fraction of sp³-hybridized carbons (Fsp3) is 0.476. The summed E-state index contributed by atoms with van der Waals surface area (Å²) >= 11 is 0. The van der Waals surface area contributed by atoms with E-state index in [4.69, 9.17) is 0 Å². The van der Waals surface area contributed by atoms with Gasteiger partial charge in [-0.25, -0.2) is 17.9 Å². The van der Waals surface area contributed by atoms with Crippen molar-refractivity contribution in [2.24, 2.45) is 0 Å². The van der Waals surface area contributed by atoms with E-state index in [0.29, 0.717) is 5.56 Å². The number of carbonyl (C=O) groups is 1. The maximum absolute atomic E-state index is 12.5. The van der Waals surface area contributed by atoms with Gasteiger partial charge in [0.2, 0.25) is 10.0 Å². The molecule has 7 heteroatoms. The van der Waals surface area contributed by atoms with E-state index in [1.807, 2.05) is 24.6 Å². The number of anilines is 1. The molecule has 0 aliphatic heterocycles. The largest absolute Gasteiger partial charge is 0.351 e. The maximum Gasteiger partial charge on any atom is 0.332 e. The summed E-state index contributed by atoms with van der Waals surface area (Å²) in [5.74, 6) is -0.217. The predicted octanol–water partition coefficient (Wildman–Crippen LogP) is 3.70. The van der Waals surface area contributed by atoms with Gasteiger partial charge in [-0.2, -0.15) is 0 Å². The molecule has 0 saturated heterocycles. The summed E-state index contributed by atoms with van der Waals surface area (Å²) < 4.78 is 29.1. The second-order valence-corrected chi connectivity index (χ2v) is 9.83. The normalized spacial score (nSPS) is 15.5. The fourth-order valence-electron chi connectivity index (χ4n) is 4.37. The molecule has 1 aromatic heterocycles. The predicted molar refractivity (Wildman–Crippen MR) is 110 cm³/mol. The molecule has 2 aliphatic carbocycles. The lowest BCUT2D eigenvalue weighted by atomic mass is 9.99. The quantitative estimate of drug-likeness (QED) is 0.802. The van der Waals surface area contributed by atoms with E-state index in [9.17, 15) is 13.2 Å². The Morgan fingerprint density at radius 2 is 1.75 bits per heavy atom. The van der Waals surface area contributed by atoms with Gasteiger partial charge in [0.15, 0.2) is 0 Å². The lowest BCUT2D eigenvalue weighted by Crippen LogP contribution is -2.35. The van der Waals surface area contributed by atoms with Crippen molar-refractivity contribution in [1.29, 1.82) is 0 Å². The van der Waals surface area contributed by atoms with Crippen molar-refractivity contribution in [1.82, 2.24) is 9.29 Å². The smallest absolute Gasteiger partial charge is 0.332 e. The lowest BCUT2D eigenvalue weighted by Gasteiger charge is -2.16. The number of sulfonamides is 1. The Kier molecular flexibility index (Phi) is 4.95. The standard InChI is InChI=1S/C21H27N3O3S/c1-14(2)24-10-9-15(12-24)13-28(26,27)23-21(25)22-20-18-7-3-5-16(18)11-17-6-4-8-19(17)20/h9-12,14H,3-8,13H2,1-2H3,(H2,22,23,25). The van der Waals surface area contributed by atoms with Crippen LogP contribution in [0.3, 0.4) is 0 Å². The number of hydrogen-bond acceptors (Lipinski definition) is 3. The molecule has 0 atom stereocenters. The first-order chi connectivity index (χ1) is 13.3. The molecule has 0 saturated carbocycles. The van der Waals surface area contributed by atoms with E-state index in [1.54, 1.807) is 12.3 Å². The van der Waals surface area contributed by atoms with E-state index in [-0.39, 0.29) is 11.8 Å². The van der Waals surface area contributed by atoms with Crippen LogP contribution >= 0.6 is 0 Å². The number of carbonyl (C=O) groups excluding carboxylic acids is 1. The molecule has 2 amide bonds. The van der Waals surface area contributed by atoms with Gasteiger partial charge >= 0.3 is 6.03 Å². The van der Waals surface area contributed by atoms with Gasteiger partial charge in [0.05, 0.1) is 5.75 Å². The monoisotopic (exact) mass is 401 g/mol. The number of aryl methyl sites for hydroxylation is 2. The molecule has 4 rings (SSSR count). The van der Waals surface area contributed by atoms with Crippen LogP contribution in [0.4, 0.5) is 10.5 Å². The molecular formula is C21H27N3O3S. The third kappa shape index (κ3) is 3.81. The molecule has 0 fully saturated rings. The van der Waals surface area contributed by atoms with E-state index in [0.717, 1.165) is 44.2 Å². The van der Waals surface area contributed by atoms with Gasteiger partial charge in [0.25, 0.3) is 0 Å². The minimum Gasteiger partial charge on any atom is -0.351 e. The Bertz CT molecular complexity index is 990. The molecule has 0 bridgehead atoms. The molecular weight excluding hydrogens is 374 g/mol. The molecule has 150 valence electrons. The molecule has 1 aromatic carbocycles. The number of nitrogens with one attached hydrogen (secondary N) is 2. The zero-order chi connectivity index (χ0) is 19.9. The summed E-state index contributed by atoms with van der Waals surface area (Å²) in [6.45, 7) is 4.06. The minimum absolute atomic E-state index is 0.217. The highest BCUT2D eigenvalue weighted by molar-refractivity contribution is 7.89. The van der Waals surface area contributed by atoms with Crippen LogP contribution in [0.25, 0.3) is 0 Å². The Hall–Kier alpha value is -2.28. The van der Waals surface area contributed by atoms with Crippen LogP contribution in [0.15, 0.2) is 24.5 Å². The van der Waals surface area contributed by atoms with Gasteiger partial charge in [0.1, 0.15) is 0 Å². The second kappa shape index (κ2) is 7.28. The van der Waals surface area contributed by atoms with E-state index < -0.39 is 16.1 Å². The Labute approximate surface area is 166 Å². The SMILES string of the molecule is CC(C)n1ccc(CS(=O)(=O)NC(=O)Nc2c3c(cc4c2CCC4)CCC3)c1. The first-order valence-electron chi connectivity index (χ1n) is 9.97. The highest BCUT2D eigenvalue weighted by atomic mass is 32.2. The molecule has 0 spiro atoms. The van der Waals surface area contributed by atoms with Crippen molar-refractivity contribution in [2.45, 2.75) is 64.2 Å². The zero-order valence-electron chi connectivity index (χ0n) is 16.4. The summed E-state index contributed by atoms with van der Waals surface area (Å²) in [4.78, 5) is 12.5. The van der Waals surface area contributed by atoms with Gasteiger partial charge in [-0.05, 0) is 86.3 Å². The number of urea groups is 1. The van der Waals surface area contributed by atoms with Crippen LogP contribution in [0.5, 0.6) is 0 Å². The summed E-state index contributed by atoms with van der Waals surface area (Å²) in [5.41, 5.74) is 6.48. The summed E-state index contributed by atoms with van der Waals surface area (Å²) in [5, 5.41) is 2.87. The van der Waals surface area contributed by atoms with Crippen molar-refractivity contribution in [3.05, 3.63) is 52.3 Å². The molecule has 2 aliphatic rings. The van der Waals surface area contributed by atoms with E-state index in [1.165, 1.54) is 22.3 Å². The molecule has 6 nitrogen and oxygen atoms in total. The third-order valence-corrected chi connectivity index (χ3v) is 6.90. The summed E-state index contributed by atoms with van der Waals surface area (Å²) in [6.07, 6.45) is 9.76. The molecule has 0 unspecified atom stereocenters. The highest BCUT2D eigenvalue weighted by Gasteiger charge is 2.26. The van der Waals surface area contributed by atoms with Crippen molar-refractivity contribution >= 4 is 21.7 Å². The van der Waals surface area contributed by atoms with Crippen LogP contribution in [0.1, 0.15) is 60.5 Å². The zero-order valence-corrected chi connectivity index (χ0v) is 17.2. The first-order valence-corrected chi connectivity index (χ1v) is 11.6.